The molecule has 3 aliphatic carbocycles. The standard InChI is InChI=1S/C28H30N2O5/c31-26(29-20-13-12-18(15-20)27(32)33)17-6-5-7-19(14-17)30-28(34)35-16-25-23-10-3-1-8-21(23)22-9-2-4-11-24(22)25/h1-4,8-13,17-20,25H,5-7,14-16H2,(H,29,31)(H,30,34)(H,32,33)/t17-,18?,19-,20?/m1/s1. The summed E-state index contributed by atoms with van der Waals surface area (Å²) in [6.07, 6.45) is 6.27. The van der Waals surface area contributed by atoms with E-state index in [0.29, 0.717) is 12.8 Å². The first-order chi connectivity index (χ1) is 17.0. The Kier molecular flexibility index (Phi) is 6.57. The lowest BCUT2D eigenvalue weighted by Crippen LogP contribution is -2.44. The van der Waals surface area contributed by atoms with Crippen LogP contribution in [-0.2, 0) is 14.3 Å². The Labute approximate surface area is 204 Å². The minimum Gasteiger partial charge on any atom is -0.481 e. The van der Waals surface area contributed by atoms with E-state index in [1.807, 2.05) is 24.3 Å². The van der Waals surface area contributed by atoms with Gasteiger partial charge in [-0.3, -0.25) is 9.59 Å². The predicted octanol–water partition coefficient (Wildman–Crippen LogP) is 4.23. The molecule has 182 valence electrons. The number of nitrogens with one attached hydrogen (secondary N) is 2. The molecule has 7 heteroatoms. The van der Waals surface area contributed by atoms with E-state index >= 15 is 0 Å². The zero-order chi connectivity index (χ0) is 24.4. The molecule has 5 rings (SSSR count). The van der Waals surface area contributed by atoms with Gasteiger partial charge in [-0.25, -0.2) is 4.79 Å². The summed E-state index contributed by atoms with van der Waals surface area (Å²) >= 11 is 0. The number of carboxylic acid groups (broad SMARTS) is 1. The first kappa shape index (κ1) is 23.1. The summed E-state index contributed by atoms with van der Waals surface area (Å²) in [5, 5.41) is 15.0. The zero-order valence-electron chi connectivity index (χ0n) is 19.5. The highest BCUT2D eigenvalue weighted by molar-refractivity contribution is 5.81. The van der Waals surface area contributed by atoms with E-state index in [4.69, 9.17) is 9.84 Å². The molecule has 2 aromatic carbocycles. The molecule has 2 aromatic rings. The molecule has 0 saturated heterocycles. The summed E-state index contributed by atoms with van der Waals surface area (Å²) in [6.45, 7) is 0.259. The molecule has 4 atom stereocenters. The molecule has 0 bridgehead atoms. The van der Waals surface area contributed by atoms with Crippen molar-refractivity contribution >= 4 is 18.0 Å². The van der Waals surface area contributed by atoms with Gasteiger partial charge in [-0.1, -0.05) is 67.1 Å². The molecule has 35 heavy (non-hydrogen) atoms. The maximum atomic E-state index is 12.8. The lowest BCUT2D eigenvalue weighted by molar-refractivity contribution is -0.140. The number of alkyl carbamates (subject to hydrolysis) is 1. The summed E-state index contributed by atoms with van der Waals surface area (Å²) in [5.74, 6) is -1.70. The highest BCUT2D eigenvalue weighted by Crippen LogP contribution is 2.44. The predicted molar refractivity (Wildman–Crippen MR) is 131 cm³/mol. The average Bonchev–Trinajstić information content (AvgIpc) is 3.46. The van der Waals surface area contributed by atoms with Crippen LogP contribution in [-0.4, -0.2) is 41.8 Å². The number of carboxylic acids is 1. The summed E-state index contributed by atoms with van der Waals surface area (Å²) in [7, 11) is 0. The molecule has 0 radical (unpaired) electrons. The van der Waals surface area contributed by atoms with Crippen molar-refractivity contribution in [2.45, 2.75) is 50.1 Å². The Morgan fingerprint density at radius 2 is 1.57 bits per heavy atom. The van der Waals surface area contributed by atoms with Crippen molar-refractivity contribution in [3.8, 4) is 11.1 Å². The van der Waals surface area contributed by atoms with Gasteiger partial charge in [-0.15, -0.1) is 0 Å². The fourth-order valence-electron chi connectivity index (χ4n) is 5.66. The highest BCUT2D eigenvalue weighted by atomic mass is 16.5. The SMILES string of the molecule is O=C(N[C@@H]1CCC[C@@H](C(=O)NC2C=CC(C(=O)O)C2)C1)OCC1c2ccccc2-c2ccccc21. The molecule has 1 fully saturated rings. The average molecular weight is 475 g/mol. The van der Waals surface area contributed by atoms with Crippen molar-refractivity contribution in [3.05, 3.63) is 71.8 Å². The molecule has 7 nitrogen and oxygen atoms in total. The van der Waals surface area contributed by atoms with Crippen molar-refractivity contribution in [2.24, 2.45) is 11.8 Å². The van der Waals surface area contributed by atoms with Crippen LogP contribution < -0.4 is 10.6 Å². The van der Waals surface area contributed by atoms with Crippen LogP contribution in [0, 0.1) is 11.8 Å². The molecule has 0 aromatic heterocycles. The molecule has 1 saturated carbocycles. The molecule has 3 N–H and O–H groups in total. The Bertz CT molecular complexity index is 1110. The van der Waals surface area contributed by atoms with Gasteiger partial charge in [0.05, 0.1) is 5.92 Å². The summed E-state index contributed by atoms with van der Waals surface area (Å²) in [5.41, 5.74) is 4.71. The largest absolute Gasteiger partial charge is 0.481 e. The number of hydrogen-bond acceptors (Lipinski definition) is 4. The normalized spacial score (nSPS) is 24.9. The van der Waals surface area contributed by atoms with Gasteiger partial charge >= 0.3 is 12.1 Å². The smallest absolute Gasteiger partial charge is 0.407 e. The Balaban J connectivity index is 1.13. The summed E-state index contributed by atoms with van der Waals surface area (Å²) in [6, 6.07) is 16.1. The van der Waals surface area contributed by atoms with E-state index < -0.39 is 18.0 Å². The van der Waals surface area contributed by atoms with Crippen LogP contribution in [0.2, 0.25) is 0 Å². The van der Waals surface area contributed by atoms with Gasteiger partial charge in [0.25, 0.3) is 0 Å². The molecule has 2 amide bonds. The molecular formula is C28H30N2O5. The van der Waals surface area contributed by atoms with Crippen molar-refractivity contribution in [1.29, 1.82) is 0 Å². The molecular weight excluding hydrogens is 444 g/mol. The van der Waals surface area contributed by atoms with Crippen LogP contribution in [0.1, 0.15) is 49.1 Å². The molecule has 0 spiro atoms. The minimum absolute atomic E-state index is 0.00660. The maximum Gasteiger partial charge on any atom is 0.407 e. The van der Waals surface area contributed by atoms with Gasteiger partial charge in [-0.2, -0.15) is 0 Å². The van der Waals surface area contributed by atoms with E-state index in [1.165, 1.54) is 22.3 Å². The molecule has 2 unspecified atom stereocenters. The lowest BCUT2D eigenvalue weighted by Gasteiger charge is -2.29. The summed E-state index contributed by atoms with van der Waals surface area (Å²) < 4.78 is 5.66. The quantitative estimate of drug-likeness (QED) is 0.544. The van der Waals surface area contributed by atoms with Crippen molar-refractivity contribution in [1.82, 2.24) is 10.6 Å². The maximum absolute atomic E-state index is 12.8. The monoisotopic (exact) mass is 474 g/mol. The third kappa shape index (κ3) is 4.94. The number of fused-ring (bicyclic) bond motifs is 3. The number of carbonyl (C=O) groups is 3. The van der Waals surface area contributed by atoms with Gasteiger partial charge < -0.3 is 20.5 Å². The van der Waals surface area contributed by atoms with Gasteiger partial charge in [0.2, 0.25) is 5.91 Å². The van der Waals surface area contributed by atoms with Crippen LogP contribution in [0.25, 0.3) is 11.1 Å². The number of benzene rings is 2. The van der Waals surface area contributed by atoms with E-state index in [0.717, 1.165) is 19.3 Å². The molecule has 0 heterocycles. The third-order valence-electron chi connectivity index (χ3n) is 7.44. The number of hydrogen-bond donors (Lipinski definition) is 3. The van der Waals surface area contributed by atoms with E-state index in [9.17, 15) is 14.4 Å². The number of carbonyl (C=O) groups excluding carboxylic acids is 2. The summed E-state index contributed by atoms with van der Waals surface area (Å²) in [4.78, 5) is 36.5. The number of amides is 2. The van der Waals surface area contributed by atoms with Gasteiger partial charge in [-0.05, 0) is 47.9 Å². The van der Waals surface area contributed by atoms with Gasteiger partial charge in [0.15, 0.2) is 0 Å². The third-order valence-corrected chi connectivity index (χ3v) is 7.44. The van der Waals surface area contributed by atoms with Gasteiger partial charge in [0, 0.05) is 23.9 Å². The van der Waals surface area contributed by atoms with Crippen molar-refractivity contribution < 1.29 is 24.2 Å². The number of rotatable bonds is 6. The minimum atomic E-state index is -0.872. The Morgan fingerprint density at radius 3 is 2.23 bits per heavy atom. The van der Waals surface area contributed by atoms with Crippen LogP contribution in [0.5, 0.6) is 0 Å². The van der Waals surface area contributed by atoms with Gasteiger partial charge in [0.1, 0.15) is 6.61 Å². The van der Waals surface area contributed by atoms with Crippen molar-refractivity contribution in [3.63, 3.8) is 0 Å². The zero-order valence-corrected chi connectivity index (χ0v) is 19.5. The number of ether oxygens (including phenoxy) is 1. The van der Waals surface area contributed by atoms with E-state index in [2.05, 4.69) is 34.9 Å². The molecule has 3 aliphatic rings. The second kappa shape index (κ2) is 9.94. The second-order valence-electron chi connectivity index (χ2n) is 9.71. The van der Waals surface area contributed by atoms with Crippen LogP contribution in [0.15, 0.2) is 60.7 Å². The lowest BCUT2D eigenvalue weighted by atomic mass is 9.85. The fraction of sp³-hybridized carbons (Fsp3) is 0.393. The van der Waals surface area contributed by atoms with Crippen molar-refractivity contribution in [2.75, 3.05) is 6.61 Å². The first-order valence-electron chi connectivity index (χ1n) is 12.3. The van der Waals surface area contributed by atoms with E-state index in [-0.39, 0.29) is 36.4 Å². The number of aliphatic carboxylic acids is 1. The first-order valence-corrected chi connectivity index (χ1v) is 12.3. The highest BCUT2D eigenvalue weighted by Gasteiger charge is 2.32. The fourth-order valence-corrected chi connectivity index (χ4v) is 5.66. The Hall–Kier alpha value is -3.61. The van der Waals surface area contributed by atoms with Crippen LogP contribution in [0.3, 0.4) is 0 Å². The second-order valence-corrected chi connectivity index (χ2v) is 9.71. The topological polar surface area (TPSA) is 105 Å². The van der Waals surface area contributed by atoms with Crippen LogP contribution in [0.4, 0.5) is 4.79 Å². The Morgan fingerprint density at radius 1 is 0.886 bits per heavy atom. The van der Waals surface area contributed by atoms with E-state index in [1.54, 1.807) is 12.2 Å². The molecule has 0 aliphatic heterocycles. The van der Waals surface area contributed by atoms with Crippen LogP contribution >= 0.6 is 0 Å².